The summed E-state index contributed by atoms with van der Waals surface area (Å²) in [5.74, 6) is 1.02. The van der Waals surface area contributed by atoms with E-state index in [2.05, 4.69) is 9.71 Å². The molecule has 1 heterocycles. The van der Waals surface area contributed by atoms with Crippen molar-refractivity contribution in [1.29, 1.82) is 0 Å². The van der Waals surface area contributed by atoms with Crippen LogP contribution in [0.1, 0.15) is 18.6 Å². The van der Waals surface area contributed by atoms with E-state index < -0.39 is 10.0 Å². The van der Waals surface area contributed by atoms with Gasteiger partial charge in [-0.2, -0.15) is 0 Å². The largest absolute Gasteiger partial charge is 0.444 e. The van der Waals surface area contributed by atoms with Gasteiger partial charge in [-0.1, -0.05) is 6.92 Å². The molecule has 0 aliphatic rings. The second-order valence-corrected chi connectivity index (χ2v) is 4.93. The molecule has 0 saturated carbocycles. The van der Waals surface area contributed by atoms with Crippen molar-refractivity contribution in [1.82, 2.24) is 9.71 Å². The lowest BCUT2D eigenvalue weighted by Gasteiger charge is -2.01. The number of hydrogen-bond acceptors (Lipinski definition) is 5. The first-order chi connectivity index (χ1) is 7.07. The van der Waals surface area contributed by atoms with E-state index in [1.54, 1.807) is 6.20 Å². The first kappa shape index (κ1) is 12.2. The highest BCUT2D eigenvalue weighted by Gasteiger charge is 2.10. The van der Waals surface area contributed by atoms with E-state index in [1.807, 2.05) is 6.92 Å². The smallest absolute Gasteiger partial charge is 0.213 e. The fourth-order valence-electron chi connectivity index (χ4n) is 0.992. The summed E-state index contributed by atoms with van der Waals surface area (Å²) in [6.45, 7) is 2.10. The van der Waals surface area contributed by atoms with E-state index in [1.165, 1.54) is 0 Å². The van der Waals surface area contributed by atoms with Gasteiger partial charge in [0.25, 0.3) is 0 Å². The molecule has 7 heteroatoms. The molecule has 1 aromatic heterocycles. The second kappa shape index (κ2) is 5.24. The maximum atomic E-state index is 11.2. The van der Waals surface area contributed by atoms with Crippen molar-refractivity contribution >= 4 is 10.0 Å². The van der Waals surface area contributed by atoms with Crippen LogP contribution in [0.15, 0.2) is 10.6 Å². The molecule has 0 fully saturated rings. The zero-order valence-corrected chi connectivity index (χ0v) is 9.38. The van der Waals surface area contributed by atoms with E-state index in [0.717, 1.165) is 12.2 Å². The van der Waals surface area contributed by atoms with Gasteiger partial charge in [-0.25, -0.2) is 18.1 Å². The molecule has 0 aliphatic heterocycles. The van der Waals surface area contributed by atoms with Gasteiger partial charge < -0.3 is 10.2 Å². The fraction of sp³-hybridized carbons (Fsp3) is 0.625. The Morgan fingerprint density at radius 1 is 1.60 bits per heavy atom. The maximum absolute atomic E-state index is 11.2. The van der Waals surface area contributed by atoms with Gasteiger partial charge in [-0.15, -0.1) is 0 Å². The van der Waals surface area contributed by atoms with Crippen molar-refractivity contribution in [3.8, 4) is 0 Å². The van der Waals surface area contributed by atoms with Gasteiger partial charge in [0.05, 0.1) is 18.5 Å². The number of nitrogens with zero attached hydrogens (tertiary/aromatic N) is 1. The number of sulfonamides is 1. The van der Waals surface area contributed by atoms with Crippen LogP contribution in [-0.4, -0.2) is 25.7 Å². The summed E-state index contributed by atoms with van der Waals surface area (Å²) in [6.07, 6.45) is 2.33. The molecule has 0 radical (unpaired) electrons. The highest BCUT2D eigenvalue weighted by molar-refractivity contribution is 7.89. The summed E-state index contributed by atoms with van der Waals surface area (Å²) in [6, 6.07) is 0. The molecule has 0 saturated heterocycles. The summed E-state index contributed by atoms with van der Waals surface area (Å²) in [5.41, 5.74) is 5.15. The highest BCUT2D eigenvalue weighted by atomic mass is 32.2. The van der Waals surface area contributed by atoms with Crippen LogP contribution in [0.25, 0.3) is 0 Å². The minimum atomic E-state index is -3.30. The highest BCUT2D eigenvalue weighted by Crippen LogP contribution is 2.03. The molecule has 1 rings (SSSR count). The predicted molar refractivity (Wildman–Crippen MR) is 55.6 cm³/mol. The second-order valence-electron chi connectivity index (χ2n) is 3.00. The van der Waals surface area contributed by atoms with Crippen LogP contribution in [0, 0.1) is 0 Å². The van der Waals surface area contributed by atoms with Crippen molar-refractivity contribution in [3.63, 3.8) is 0 Å². The van der Waals surface area contributed by atoms with Gasteiger partial charge in [-0.05, 0) is 0 Å². The predicted octanol–water partition coefficient (Wildman–Crippen LogP) is -0.385. The minimum absolute atomic E-state index is 0.0718. The standard InChI is InChI=1S/C8H15N3O3S/c1-2-7-5-10-8(14-7)6-11-15(12,13)4-3-9/h5,11H,2-4,6,9H2,1H3. The first-order valence-corrected chi connectivity index (χ1v) is 6.33. The molecule has 0 spiro atoms. The Kier molecular flexibility index (Phi) is 4.25. The third-order valence-corrected chi connectivity index (χ3v) is 3.14. The van der Waals surface area contributed by atoms with Gasteiger partial charge in [0.1, 0.15) is 5.76 Å². The number of nitrogens with one attached hydrogen (secondary N) is 1. The maximum Gasteiger partial charge on any atom is 0.213 e. The van der Waals surface area contributed by atoms with Crippen molar-refractivity contribution in [2.45, 2.75) is 19.9 Å². The summed E-state index contributed by atoms with van der Waals surface area (Å²) < 4.78 is 30.0. The van der Waals surface area contributed by atoms with Gasteiger partial charge in [0, 0.05) is 13.0 Å². The molecule has 86 valence electrons. The van der Waals surface area contributed by atoms with Crippen molar-refractivity contribution in [2.24, 2.45) is 5.73 Å². The fourth-order valence-corrected chi connectivity index (χ4v) is 1.79. The Balaban J connectivity index is 2.50. The Hall–Kier alpha value is -0.920. The number of aryl methyl sites for hydroxylation is 1. The third kappa shape index (κ3) is 3.98. The van der Waals surface area contributed by atoms with E-state index in [0.29, 0.717) is 5.89 Å². The van der Waals surface area contributed by atoms with Gasteiger partial charge in [0.15, 0.2) is 0 Å². The Labute approximate surface area is 88.9 Å². The SMILES string of the molecule is CCc1cnc(CNS(=O)(=O)CCN)o1. The molecule has 0 bridgehead atoms. The van der Waals surface area contributed by atoms with E-state index in [-0.39, 0.29) is 18.8 Å². The van der Waals surface area contributed by atoms with Crippen LogP contribution in [0.3, 0.4) is 0 Å². The normalized spacial score (nSPS) is 11.9. The lowest BCUT2D eigenvalue weighted by molar-refractivity contribution is 0.452. The Morgan fingerprint density at radius 3 is 2.87 bits per heavy atom. The number of aromatic nitrogens is 1. The summed E-state index contributed by atoms with van der Waals surface area (Å²) in [5, 5.41) is 0. The first-order valence-electron chi connectivity index (χ1n) is 4.68. The molecule has 0 aliphatic carbocycles. The lowest BCUT2D eigenvalue weighted by Crippen LogP contribution is -2.29. The molecular formula is C8H15N3O3S. The number of rotatable bonds is 6. The van der Waals surface area contributed by atoms with Crippen LogP contribution in [0.4, 0.5) is 0 Å². The van der Waals surface area contributed by atoms with Crippen molar-refractivity contribution in [2.75, 3.05) is 12.3 Å². The molecular weight excluding hydrogens is 218 g/mol. The monoisotopic (exact) mass is 233 g/mol. The zero-order valence-electron chi connectivity index (χ0n) is 8.56. The van der Waals surface area contributed by atoms with Crippen LogP contribution < -0.4 is 10.5 Å². The third-order valence-electron chi connectivity index (χ3n) is 1.78. The lowest BCUT2D eigenvalue weighted by atomic mass is 10.4. The minimum Gasteiger partial charge on any atom is -0.444 e. The van der Waals surface area contributed by atoms with E-state index in [4.69, 9.17) is 10.2 Å². The van der Waals surface area contributed by atoms with Gasteiger partial charge >= 0.3 is 0 Å². The topological polar surface area (TPSA) is 98.2 Å². The quantitative estimate of drug-likeness (QED) is 0.697. The molecule has 0 amide bonds. The summed E-state index contributed by atoms with van der Waals surface area (Å²) in [7, 11) is -3.30. The number of hydrogen-bond donors (Lipinski definition) is 2. The average molecular weight is 233 g/mol. The van der Waals surface area contributed by atoms with Crippen LogP contribution >= 0.6 is 0 Å². The van der Waals surface area contributed by atoms with E-state index >= 15 is 0 Å². The number of nitrogens with two attached hydrogens (primary N) is 1. The van der Waals surface area contributed by atoms with Gasteiger partial charge in [0.2, 0.25) is 15.9 Å². The molecule has 0 aromatic carbocycles. The molecule has 1 aromatic rings. The number of oxazole rings is 1. The Morgan fingerprint density at radius 2 is 2.33 bits per heavy atom. The summed E-state index contributed by atoms with van der Waals surface area (Å²) >= 11 is 0. The molecule has 6 nitrogen and oxygen atoms in total. The van der Waals surface area contributed by atoms with Crippen molar-refractivity contribution < 1.29 is 12.8 Å². The van der Waals surface area contributed by atoms with Crippen LogP contribution in [0.5, 0.6) is 0 Å². The zero-order chi connectivity index (χ0) is 11.3. The average Bonchev–Trinajstić information content (AvgIpc) is 2.62. The summed E-state index contributed by atoms with van der Waals surface area (Å²) in [4.78, 5) is 3.93. The van der Waals surface area contributed by atoms with Crippen molar-refractivity contribution in [3.05, 3.63) is 17.8 Å². The molecule has 15 heavy (non-hydrogen) atoms. The molecule has 3 N–H and O–H groups in total. The van der Waals surface area contributed by atoms with Crippen LogP contribution in [-0.2, 0) is 23.0 Å². The van der Waals surface area contributed by atoms with E-state index in [9.17, 15) is 8.42 Å². The van der Waals surface area contributed by atoms with Crippen LogP contribution in [0.2, 0.25) is 0 Å². The molecule has 0 unspecified atom stereocenters. The molecule has 0 atom stereocenters. The van der Waals surface area contributed by atoms with Gasteiger partial charge in [-0.3, -0.25) is 0 Å². The Bertz CT molecular complexity index is 399.